The quantitative estimate of drug-likeness (QED) is 0.360. The third-order valence-corrected chi connectivity index (χ3v) is 3.08. The van der Waals surface area contributed by atoms with Gasteiger partial charge in [0.15, 0.2) is 0 Å². The minimum atomic E-state index is -1.42. The second-order valence-electron chi connectivity index (χ2n) is 4.89. The average molecular weight is 359 g/mol. The molecule has 0 aromatic heterocycles. The maximum absolute atomic E-state index is 12.1. The van der Waals surface area contributed by atoms with Crippen LogP contribution in [0.15, 0.2) is 54.6 Å². The molecule has 0 heterocycles. The molecule has 2 rings (SSSR count). The van der Waals surface area contributed by atoms with Crippen molar-refractivity contribution >= 4 is 17.9 Å². The van der Waals surface area contributed by atoms with Crippen LogP contribution < -0.4 is 10.5 Å². The van der Waals surface area contributed by atoms with E-state index in [1.165, 1.54) is 24.3 Å². The van der Waals surface area contributed by atoms with E-state index in [9.17, 15) is 14.4 Å². The van der Waals surface area contributed by atoms with E-state index in [2.05, 4.69) is 9.78 Å². The van der Waals surface area contributed by atoms with Gasteiger partial charge < -0.3 is 9.47 Å². The van der Waals surface area contributed by atoms with Crippen LogP contribution in [-0.2, 0) is 19.3 Å². The topological polar surface area (TPSA) is 114 Å². The summed E-state index contributed by atoms with van der Waals surface area (Å²) in [6.45, 7) is 1.76. The lowest BCUT2D eigenvalue weighted by atomic mass is 10.2. The summed E-state index contributed by atoms with van der Waals surface area (Å²) in [5.74, 6) is -2.62. The highest BCUT2D eigenvalue weighted by Crippen LogP contribution is 2.20. The summed E-state index contributed by atoms with van der Waals surface area (Å²) >= 11 is 0. The Hall–Kier alpha value is -3.39. The third-order valence-electron chi connectivity index (χ3n) is 3.08. The maximum atomic E-state index is 12.1. The van der Waals surface area contributed by atoms with Gasteiger partial charge in [-0.3, -0.25) is 5.73 Å². The minimum Gasteiger partial charge on any atom is -0.463 e. The number of nitrogens with two attached hydrogens (primary N) is 1. The molecule has 0 fully saturated rings. The Bertz CT molecular complexity index is 776. The molecule has 2 N–H and O–H groups in total. The fraction of sp³-hybridized carbons (Fsp3) is 0.167. The van der Waals surface area contributed by atoms with Crippen molar-refractivity contribution in [1.29, 1.82) is 0 Å². The van der Waals surface area contributed by atoms with Gasteiger partial charge in [0.2, 0.25) is 6.23 Å². The molecule has 0 saturated heterocycles. The van der Waals surface area contributed by atoms with E-state index >= 15 is 0 Å². The lowest BCUT2D eigenvalue weighted by Gasteiger charge is -2.15. The molecule has 136 valence electrons. The van der Waals surface area contributed by atoms with Gasteiger partial charge in [-0.05, 0) is 31.2 Å². The van der Waals surface area contributed by atoms with Gasteiger partial charge in [0.05, 0.1) is 12.2 Å². The van der Waals surface area contributed by atoms with Gasteiger partial charge in [-0.2, -0.15) is 0 Å². The van der Waals surface area contributed by atoms with Crippen molar-refractivity contribution in [2.45, 2.75) is 13.2 Å². The molecule has 26 heavy (non-hydrogen) atoms. The van der Waals surface area contributed by atoms with Crippen molar-refractivity contribution in [3.63, 3.8) is 0 Å². The highest BCUT2D eigenvalue weighted by atomic mass is 17.2. The number of carbonyl (C=O) groups excluding carboxylic acids is 3. The van der Waals surface area contributed by atoms with Crippen LogP contribution in [0.3, 0.4) is 0 Å². The summed E-state index contributed by atoms with van der Waals surface area (Å²) in [6.07, 6.45) is -1.42. The van der Waals surface area contributed by atoms with Crippen LogP contribution in [0, 0.1) is 0 Å². The number of benzene rings is 2. The predicted molar refractivity (Wildman–Crippen MR) is 89.0 cm³/mol. The lowest BCUT2D eigenvalue weighted by Crippen LogP contribution is -2.38. The molecule has 0 aliphatic carbocycles. The smallest absolute Gasteiger partial charge is 0.390 e. The van der Waals surface area contributed by atoms with Crippen LogP contribution in [-0.4, -0.2) is 30.7 Å². The number of carbonyl (C=O) groups is 3. The maximum Gasteiger partial charge on any atom is 0.390 e. The number of para-hydroxylation sites is 1. The van der Waals surface area contributed by atoms with E-state index in [0.29, 0.717) is 0 Å². The van der Waals surface area contributed by atoms with E-state index in [-0.39, 0.29) is 23.5 Å². The van der Waals surface area contributed by atoms with E-state index in [0.717, 1.165) is 0 Å². The van der Waals surface area contributed by atoms with Crippen LogP contribution in [0.25, 0.3) is 0 Å². The van der Waals surface area contributed by atoms with Gasteiger partial charge in [0, 0.05) is 0 Å². The van der Waals surface area contributed by atoms with Crippen molar-refractivity contribution in [2.75, 3.05) is 6.61 Å². The largest absolute Gasteiger partial charge is 0.463 e. The SMILES string of the molecule is CCOC(=O)C(N)Oc1ccccc1C(=O)OOC(=O)c1ccccc1. The fourth-order valence-electron chi connectivity index (χ4n) is 1.89. The van der Waals surface area contributed by atoms with E-state index in [1.54, 1.807) is 37.3 Å². The molecule has 0 radical (unpaired) electrons. The van der Waals surface area contributed by atoms with E-state index < -0.39 is 24.1 Å². The van der Waals surface area contributed by atoms with Crippen molar-refractivity contribution in [3.05, 3.63) is 65.7 Å². The molecule has 0 bridgehead atoms. The summed E-state index contributed by atoms with van der Waals surface area (Å²) in [4.78, 5) is 44.5. The van der Waals surface area contributed by atoms with Gasteiger partial charge >= 0.3 is 17.9 Å². The van der Waals surface area contributed by atoms with Crippen molar-refractivity contribution < 1.29 is 33.6 Å². The molecular weight excluding hydrogens is 342 g/mol. The van der Waals surface area contributed by atoms with Gasteiger partial charge in [0.1, 0.15) is 11.3 Å². The Balaban J connectivity index is 2.03. The Morgan fingerprint density at radius 3 is 2.23 bits per heavy atom. The third kappa shape index (κ3) is 5.05. The average Bonchev–Trinajstić information content (AvgIpc) is 2.67. The highest BCUT2D eigenvalue weighted by Gasteiger charge is 2.22. The minimum absolute atomic E-state index is 0.0196. The summed E-state index contributed by atoms with van der Waals surface area (Å²) < 4.78 is 9.96. The number of rotatable bonds is 6. The molecule has 8 heteroatoms. The molecular formula is C18H17NO7. The molecule has 0 aliphatic heterocycles. The summed E-state index contributed by atoms with van der Waals surface area (Å²) in [5, 5.41) is 0. The standard InChI is InChI=1S/C18H17NO7/c1-2-23-18(22)15(19)24-14-11-7-6-10-13(14)17(21)26-25-16(20)12-8-4-3-5-9-12/h3-11,15H,2,19H2,1H3. The molecule has 1 unspecified atom stereocenters. The van der Waals surface area contributed by atoms with E-state index in [1.807, 2.05) is 0 Å². The second kappa shape index (κ2) is 9.19. The number of hydrogen-bond donors (Lipinski definition) is 1. The summed E-state index contributed by atoms with van der Waals surface area (Å²) in [7, 11) is 0. The number of ether oxygens (including phenoxy) is 2. The zero-order chi connectivity index (χ0) is 18.9. The summed E-state index contributed by atoms with van der Waals surface area (Å²) in [6, 6.07) is 13.9. The molecule has 8 nitrogen and oxygen atoms in total. The fourth-order valence-corrected chi connectivity index (χ4v) is 1.89. The monoisotopic (exact) mass is 359 g/mol. The van der Waals surface area contributed by atoms with Crippen molar-refractivity contribution in [2.24, 2.45) is 5.73 Å². The van der Waals surface area contributed by atoms with Crippen LogP contribution in [0.1, 0.15) is 27.6 Å². The van der Waals surface area contributed by atoms with Gasteiger partial charge in [-0.1, -0.05) is 30.3 Å². The molecule has 2 aromatic carbocycles. The Labute approximate surface area is 149 Å². The Kier molecular flexibility index (Phi) is 6.69. The van der Waals surface area contributed by atoms with Crippen molar-refractivity contribution in [3.8, 4) is 5.75 Å². The molecule has 2 aromatic rings. The summed E-state index contributed by atoms with van der Waals surface area (Å²) in [5.41, 5.74) is 5.71. The molecule has 1 atom stereocenters. The Morgan fingerprint density at radius 1 is 0.923 bits per heavy atom. The van der Waals surface area contributed by atoms with E-state index in [4.69, 9.17) is 15.2 Å². The van der Waals surface area contributed by atoms with Gasteiger partial charge in [0.25, 0.3) is 0 Å². The van der Waals surface area contributed by atoms with Crippen LogP contribution in [0.5, 0.6) is 5.75 Å². The highest BCUT2D eigenvalue weighted by molar-refractivity contribution is 5.94. The van der Waals surface area contributed by atoms with Crippen LogP contribution in [0.4, 0.5) is 0 Å². The number of esters is 1. The second-order valence-corrected chi connectivity index (χ2v) is 4.89. The zero-order valence-corrected chi connectivity index (χ0v) is 13.9. The first kappa shape index (κ1) is 18.9. The number of hydrogen-bond acceptors (Lipinski definition) is 8. The van der Waals surface area contributed by atoms with Crippen molar-refractivity contribution in [1.82, 2.24) is 0 Å². The predicted octanol–water partition coefficient (Wildman–Crippen LogP) is 1.84. The lowest BCUT2D eigenvalue weighted by molar-refractivity contribution is -0.187. The Morgan fingerprint density at radius 2 is 1.54 bits per heavy atom. The van der Waals surface area contributed by atoms with Crippen LogP contribution >= 0.6 is 0 Å². The zero-order valence-electron chi connectivity index (χ0n) is 13.9. The molecule has 0 aliphatic rings. The molecule has 0 spiro atoms. The van der Waals surface area contributed by atoms with Crippen LogP contribution in [0.2, 0.25) is 0 Å². The normalized spacial score (nSPS) is 11.2. The first-order valence-corrected chi connectivity index (χ1v) is 7.69. The first-order chi connectivity index (χ1) is 12.5. The first-order valence-electron chi connectivity index (χ1n) is 7.69. The molecule has 0 saturated carbocycles. The molecule has 0 amide bonds. The van der Waals surface area contributed by atoms with Gasteiger partial charge in [-0.25, -0.2) is 24.2 Å². The van der Waals surface area contributed by atoms with Gasteiger partial charge in [-0.15, -0.1) is 0 Å².